The van der Waals surface area contributed by atoms with Gasteiger partial charge < -0.3 is 10.2 Å². The third-order valence-corrected chi connectivity index (χ3v) is 6.51. The number of sulfonamides is 1. The molecule has 0 atom stereocenters. The summed E-state index contributed by atoms with van der Waals surface area (Å²) >= 11 is 0. The third-order valence-electron chi connectivity index (χ3n) is 4.93. The van der Waals surface area contributed by atoms with Crippen LogP contribution in [0.1, 0.15) is 52.4 Å². The van der Waals surface area contributed by atoms with Crippen molar-refractivity contribution in [1.29, 1.82) is 0 Å². The van der Waals surface area contributed by atoms with Gasteiger partial charge in [-0.2, -0.15) is 0 Å². The molecule has 0 radical (unpaired) electrons. The van der Waals surface area contributed by atoms with Gasteiger partial charge in [0.05, 0.1) is 5.75 Å². The molecule has 6 nitrogen and oxygen atoms in total. The summed E-state index contributed by atoms with van der Waals surface area (Å²) in [4.78, 5) is 6.64. The van der Waals surface area contributed by atoms with Gasteiger partial charge in [-0.3, -0.25) is 4.99 Å². The van der Waals surface area contributed by atoms with Gasteiger partial charge in [0.2, 0.25) is 10.0 Å². The molecular weight excluding hydrogens is 312 g/mol. The van der Waals surface area contributed by atoms with Crippen molar-refractivity contribution in [2.45, 2.75) is 58.4 Å². The average Bonchev–Trinajstić information content (AvgIpc) is 2.86. The molecule has 1 spiro atoms. The Balaban J connectivity index is 1.82. The predicted octanol–water partition coefficient (Wildman–Crippen LogP) is 1.55. The van der Waals surface area contributed by atoms with Gasteiger partial charge in [-0.05, 0) is 38.5 Å². The molecular formula is C16H32N4O2S. The summed E-state index contributed by atoms with van der Waals surface area (Å²) in [5.74, 6) is 0.913. The maximum absolute atomic E-state index is 11.9. The normalized spacial score (nSPS) is 22.1. The molecule has 1 saturated carbocycles. The predicted molar refractivity (Wildman–Crippen MR) is 95.1 cm³/mol. The molecule has 23 heavy (non-hydrogen) atoms. The minimum Gasteiger partial charge on any atom is -0.355 e. The first-order valence-electron chi connectivity index (χ1n) is 8.81. The number of nitrogens with one attached hydrogen (secondary N) is 2. The Hall–Kier alpha value is -0.820. The molecule has 0 aromatic rings. The highest BCUT2D eigenvalue weighted by atomic mass is 32.2. The van der Waals surface area contributed by atoms with Crippen LogP contribution < -0.4 is 10.0 Å². The first-order valence-corrected chi connectivity index (χ1v) is 10.5. The molecule has 0 aromatic heterocycles. The number of aliphatic imine (C=N–C) groups is 1. The van der Waals surface area contributed by atoms with Crippen molar-refractivity contribution in [3.8, 4) is 0 Å². The molecule has 2 fully saturated rings. The van der Waals surface area contributed by atoms with Gasteiger partial charge in [0.25, 0.3) is 0 Å². The summed E-state index contributed by atoms with van der Waals surface area (Å²) in [6, 6.07) is -0.0657. The second kappa shape index (κ2) is 7.83. The van der Waals surface area contributed by atoms with Gasteiger partial charge in [-0.15, -0.1) is 0 Å². The lowest BCUT2D eigenvalue weighted by Gasteiger charge is -2.33. The number of hydrogen-bond donors (Lipinski definition) is 2. The molecule has 1 heterocycles. The Morgan fingerprint density at radius 2 is 1.91 bits per heavy atom. The lowest BCUT2D eigenvalue weighted by molar-refractivity contribution is 0.203. The molecule has 7 heteroatoms. The van der Waals surface area contributed by atoms with Crippen LogP contribution in [0.25, 0.3) is 0 Å². The van der Waals surface area contributed by atoms with E-state index in [-0.39, 0.29) is 11.8 Å². The number of likely N-dealkylation sites (tertiary alicyclic amines) is 1. The summed E-state index contributed by atoms with van der Waals surface area (Å²) < 4.78 is 26.3. The third kappa shape index (κ3) is 5.35. The second-order valence-corrected chi connectivity index (χ2v) is 9.17. The standard InChI is InChI=1S/C16H32N4O2S/c1-14(2)19-23(21,22)12-10-18-15(17-3)20-11-9-16(13-20)7-5-4-6-8-16/h14,19H,4-13H2,1-3H3,(H,17,18). The lowest BCUT2D eigenvalue weighted by Crippen LogP contribution is -2.44. The molecule has 0 aromatic carbocycles. The molecule has 1 aliphatic carbocycles. The summed E-state index contributed by atoms with van der Waals surface area (Å²) in [5, 5.41) is 3.22. The zero-order chi connectivity index (χ0) is 16.9. The van der Waals surface area contributed by atoms with Crippen molar-refractivity contribution < 1.29 is 8.42 Å². The molecule has 0 bridgehead atoms. The van der Waals surface area contributed by atoms with E-state index in [0.717, 1.165) is 19.0 Å². The summed E-state index contributed by atoms with van der Waals surface area (Å²) in [6.07, 6.45) is 7.95. The summed E-state index contributed by atoms with van der Waals surface area (Å²) in [6.45, 7) is 6.13. The minimum absolute atomic E-state index is 0.0657. The molecule has 1 aliphatic heterocycles. The number of hydrogen-bond acceptors (Lipinski definition) is 3. The van der Waals surface area contributed by atoms with E-state index < -0.39 is 10.0 Å². The first-order chi connectivity index (χ1) is 10.9. The van der Waals surface area contributed by atoms with Gasteiger partial charge >= 0.3 is 0 Å². The van der Waals surface area contributed by atoms with Crippen LogP contribution in [0.4, 0.5) is 0 Å². The highest BCUT2D eigenvalue weighted by Crippen LogP contribution is 2.43. The second-order valence-electron chi connectivity index (χ2n) is 7.30. The van der Waals surface area contributed by atoms with Gasteiger partial charge in [-0.25, -0.2) is 13.1 Å². The van der Waals surface area contributed by atoms with Crippen molar-refractivity contribution in [2.75, 3.05) is 32.4 Å². The Bertz CT molecular complexity index is 510. The molecule has 2 aliphatic rings. The van der Waals surface area contributed by atoms with Gasteiger partial charge in [-0.1, -0.05) is 19.3 Å². The Kier molecular flexibility index (Phi) is 6.31. The van der Waals surface area contributed by atoms with Crippen LogP contribution in [-0.4, -0.2) is 57.8 Å². The topological polar surface area (TPSA) is 73.8 Å². The molecule has 134 valence electrons. The molecule has 0 unspecified atom stereocenters. The Morgan fingerprint density at radius 3 is 2.52 bits per heavy atom. The molecule has 0 amide bonds. The summed E-state index contributed by atoms with van der Waals surface area (Å²) in [7, 11) is -1.45. The van der Waals surface area contributed by atoms with E-state index in [1.54, 1.807) is 7.05 Å². The van der Waals surface area contributed by atoms with Crippen LogP contribution >= 0.6 is 0 Å². The number of guanidine groups is 1. The van der Waals surface area contributed by atoms with Crippen LogP contribution in [-0.2, 0) is 10.0 Å². The van der Waals surface area contributed by atoms with E-state index >= 15 is 0 Å². The van der Waals surface area contributed by atoms with Gasteiger partial charge in [0, 0.05) is 32.7 Å². The molecule has 2 rings (SSSR count). The van der Waals surface area contributed by atoms with Crippen LogP contribution in [0.3, 0.4) is 0 Å². The van der Waals surface area contributed by atoms with Crippen molar-refractivity contribution in [2.24, 2.45) is 10.4 Å². The fraction of sp³-hybridized carbons (Fsp3) is 0.938. The summed E-state index contributed by atoms with van der Waals surface area (Å²) in [5.41, 5.74) is 0.473. The van der Waals surface area contributed by atoms with Crippen LogP contribution in [0.5, 0.6) is 0 Å². The fourth-order valence-corrected chi connectivity index (χ4v) is 5.08. The van der Waals surface area contributed by atoms with Crippen molar-refractivity contribution in [3.05, 3.63) is 0 Å². The number of nitrogens with zero attached hydrogens (tertiary/aromatic N) is 2. The SMILES string of the molecule is CN=C(NCCS(=O)(=O)NC(C)C)N1CCC2(CCCCC2)C1. The van der Waals surface area contributed by atoms with E-state index in [2.05, 4.69) is 19.9 Å². The van der Waals surface area contributed by atoms with Crippen LogP contribution in [0, 0.1) is 5.41 Å². The highest BCUT2D eigenvalue weighted by molar-refractivity contribution is 7.89. The van der Waals surface area contributed by atoms with Crippen molar-refractivity contribution in [1.82, 2.24) is 14.9 Å². The zero-order valence-corrected chi connectivity index (χ0v) is 15.6. The minimum atomic E-state index is -3.22. The zero-order valence-electron chi connectivity index (χ0n) is 14.8. The van der Waals surface area contributed by atoms with Crippen molar-refractivity contribution in [3.63, 3.8) is 0 Å². The largest absolute Gasteiger partial charge is 0.355 e. The van der Waals surface area contributed by atoms with E-state index in [1.807, 2.05) is 13.8 Å². The fourth-order valence-electron chi connectivity index (χ4n) is 3.87. The Labute approximate surface area is 141 Å². The molecule has 1 saturated heterocycles. The van der Waals surface area contributed by atoms with E-state index in [1.165, 1.54) is 38.5 Å². The lowest BCUT2D eigenvalue weighted by atomic mass is 9.73. The van der Waals surface area contributed by atoms with Gasteiger partial charge in [0.15, 0.2) is 5.96 Å². The highest BCUT2D eigenvalue weighted by Gasteiger charge is 2.39. The Morgan fingerprint density at radius 1 is 1.22 bits per heavy atom. The van der Waals surface area contributed by atoms with E-state index in [0.29, 0.717) is 12.0 Å². The quantitative estimate of drug-likeness (QED) is 0.586. The maximum atomic E-state index is 11.9. The van der Waals surface area contributed by atoms with Crippen LogP contribution in [0.2, 0.25) is 0 Å². The molecule has 2 N–H and O–H groups in total. The average molecular weight is 345 g/mol. The van der Waals surface area contributed by atoms with E-state index in [9.17, 15) is 8.42 Å². The van der Waals surface area contributed by atoms with Crippen LogP contribution in [0.15, 0.2) is 4.99 Å². The van der Waals surface area contributed by atoms with Crippen molar-refractivity contribution >= 4 is 16.0 Å². The maximum Gasteiger partial charge on any atom is 0.213 e. The first kappa shape index (κ1) is 18.5. The smallest absolute Gasteiger partial charge is 0.213 e. The van der Waals surface area contributed by atoms with E-state index in [4.69, 9.17) is 0 Å². The number of rotatable bonds is 5. The monoisotopic (exact) mass is 344 g/mol. The van der Waals surface area contributed by atoms with Gasteiger partial charge in [0.1, 0.15) is 0 Å².